The van der Waals surface area contributed by atoms with Gasteiger partial charge in [-0.2, -0.15) is 18.3 Å². The summed E-state index contributed by atoms with van der Waals surface area (Å²) in [5, 5.41) is 7.75. The van der Waals surface area contributed by atoms with Gasteiger partial charge in [-0.15, -0.1) is 0 Å². The molecule has 132 valence electrons. The summed E-state index contributed by atoms with van der Waals surface area (Å²) in [5.74, 6) is 0.727. The predicted octanol–water partition coefficient (Wildman–Crippen LogP) is 4.33. The summed E-state index contributed by atoms with van der Waals surface area (Å²) in [6.07, 6.45) is 5.01. The van der Waals surface area contributed by atoms with Crippen LogP contribution in [-0.4, -0.2) is 27.2 Å². The minimum Gasteiger partial charge on any atom is -0.367 e. The van der Waals surface area contributed by atoms with Crippen molar-refractivity contribution in [3.8, 4) is 0 Å². The van der Waals surface area contributed by atoms with Crippen molar-refractivity contribution in [3.63, 3.8) is 0 Å². The number of rotatable bonds is 3. The Morgan fingerprint density at radius 2 is 2.04 bits per heavy atom. The summed E-state index contributed by atoms with van der Waals surface area (Å²) in [6, 6.07) is 5.80. The molecule has 0 spiro atoms. The number of thioether (sulfide) groups is 1. The monoisotopic (exact) mass is 358 g/mol. The molecule has 2 aromatic rings. The maximum atomic E-state index is 12.8. The number of aromatic nitrogens is 2. The van der Waals surface area contributed by atoms with E-state index < -0.39 is 5.51 Å². The molecule has 2 aromatic heterocycles. The number of pyridine rings is 1. The molecular weight excluding hydrogens is 337 g/mol. The summed E-state index contributed by atoms with van der Waals surface area (Å²) in [5.41, 5.74) is 2.54. The SMILES string of the molecule is Cc1nn2c(NC3CCC[C@H](N)CC3)cccc2c1SC(F)(F)F. The smallest absolute Gasteiger partial charge is 0.367 e. The number of nitrogens with zero attached hydrogens (tertiary/aromatic N) is 2. The average molecular weight is 358 g/mol. The van der Waals surface area contributed by atoms with Gasteiger partial charge < -0.3 is 11.1 Å². The maximum Gasteiger partial charge on any atom is 0.446 e. The van der Waals surface area contributed by atoms with Gasteiger partial charge in [-0.3, -0.25) is 0 Å². The van der Waals surface area contributed by atoms with Crippen LogP contribution in [0.1, 0.15) is 37.8 Å². The van der Waals surface area contributed by atoms with E-state index in [4.69, 9.17) is 5.73 Å². The molecule has 3 rings (SSSR count). The first-order chi connectivity index (χ1) is 11.3. The van der Waals surface area contributed by atoms with E-state index in [1.54, 1.807) is 23.6 Å². The van der Waals surface area contributed by atoms with Crippen LogP contribution >= 0.6 is 11.8 Å². The lowest BCUT2D eigenvalue weighted by Gasteiger charge is -2.18. The number of fused-ring (bicyclic) bond motifs is 1. The van der Waals surface area contributed by atoms with Crippen LogP contribution in [0.4, 0.5) is 19.0 Å². The van der Waals surface area contributed by atoms with Crippen LogP contribution in [-0.2, 0) is 0 Å². The highest BCUT2D eigenvalue weighted by Gasteiger charge is 2.32. The van der Waals surface area contributed by atoms with Crippen molar-refractivity contribution in [3.05, 3.63) is 23.9 Å². The molecule has 2 heterocycles. The van der Waals surface area contributed by atoms with E-state index in [0.717, 1.165) is 37.9 Å². The molecular formula is C16H21F3N4S. The number of aryl methyl sites for hydroxylation is 1. The van der Waals surface area contributed by atoms with Gasteiger partial charge in [0, 0.05) is 12.1 Å². The van der Waals surface area contributed by atoms with Crippen LogP contribution in [0.15, 0.2) is 23.1 Å². The van der Waals surface area contributed by atoms with Gasteiger partial charge in [0.25, 0.3) is 0 Å². The van der Waals surface area contributed by atoms with Crippen LogP contribution in [0.3, 0.4) is 0 Å². The topological polar surface area (TPSA) is 55.3 Å². The minimum atomic E-state index is -4.32. The zero-order valence-corrected chi connectivity index (χ0v) is 14.3. The second-order valence-corrected chi connectivity index (χ2v) is 7.36. The molecule has 1 aliphatic rings. The van der Waals surface area contributed by atoms with Gasteiger partial charge in [-0.05, 0) is 62.9 Å². The van der Waals surface area contributed by atoms with E-state index in [0.29, 0.717) is 11.2 Å². The highest BCUT2D eigenvalue weighted by atomic mass is 32.2. The van der Waals surface area contributed by atoms with E-state index in [2.05, 4.69) is 10.4 Å². The van der Waals surface area contributed by atoms with Crippen molar-refractivity contribution in [1.82, 2.24) is 9.61 Å². The standard InChI is InChI=1S/C16H21F3N4S/c1-10-15(24-16(17,18)19)13-6-3-7-14(23(13)22-10)21-12-5-2-4-11(20)8-9-12/h3,6-7,11-12,21H,2,4-5,8-9,20H2,1H3/t11-,12?/m0/s1. The third-order valence-corrected chi connectivity index (χ3v) is 5.30. The van der Waals surface area contributed by atoms with Crippen molar-refractivity contribution in [1.29, 1.82) is 0 Å². The summed E-state index contributed by atoms with van der Waals surface area (Å²) < 4.78 is 39.9. The van der Waals surface area contributed by atoms with Gasteiger partial charge in [0.15, 0.2) is 0 Å². The van der Waals surface area contributed by atoms with E-state index >= 15 is 0 Å². The minimum absolute atomic E-state index is 0.106. The summed E-state index contributed by atoms with van der Waals surface area (Å²) in [6.45, 7) is 1.61. The fraction of sp³-hybridized carbons (Fsp3) is 0.562. The summed E-state index contributed by atoms with van der Waals surface area (Å²) >= 11 is -0.106. The Labute approximate surface area is 143 Å². The van der Waals surface area contributed by atoms with Crippen LogP contribution in [0, 0.1) is 6.92 Å². The summed E-state index contributed by atoms with van der Waals surface area (Å²) in [7, 11) is 0. The molecule has 0 saturated heterocycles. The van der Waals surface area contributed by atoms with Crippen molar-refractivity contribution < 1.29 is 13.2 Å². The molecule has 1 unspecified atom stereocenters. The third-order valence-electron chi connectivity index (χ3n) is 4.36. The molecule has 4 nitrogen and oxygen atoms in total. The number of nitrogens with two attached hydrogens (primary N) is 1. The fourth-order valence-corrected chi connectivity index (χ4v) is 3.88. The van der Waals surface area contributed by atoms with E-state index in [-0.39, 0.29) is 28.7 Å². The molecule has 0 aliphatic heterocycles. The van der Waals surface area contributed by atoms with Crippen LogP contribution in [0.5, 0.6) is 0 Å². The maximum absolute atomic E-state index is 12.8. The first-order valence-corrected chi connectivity index (χ1v) is 8.91. The molecule has 1 aliphatic carbocycles. The Hall–Kier alpha value is -1.41. The second-order valence-electron chi connectivity index (χ2n) is 6.28. The van der Waals surface area contributed by atoms with Gasteiger partial charge in [0.2, 0.25) is 0 Å². The average Bonchev–Trinajstić information content (AvgIpc) is 2.67. The van der Waals surface area contributed by atoms with Gasteiger partial charge >= 0.3 is 5.51 Å². The lowest BCUT2D eigenvalue weighted by atomic mass is 10.1. The fourth-order valence-electron chi connectivity index (χ4n) is 3.20. The van der Waals surface area contributed by atoms with Crippen molar-refractivity contribution in [2.45, 2.75) is 61.5 Å². The Morgan fingerprint density at radius 1 is 1.25 bits per heavy atom. The van der Waals surface area contributed by atoms with Crippen LogP contribution in [0.25, 0.3) is 5.52 Å². The number of anilines is 1. The summed E-state index contributed by atoms with van der Waals surface area (Å²) in [4.78, 5) is 0.161. The highest BCUT2D eigenvalue weighted by molar-refractivity contribution is 8.00. The van der Waals surface area contributed by atoms with Crippen molar-refractivity contribution in [2.75, 3.05) is 5.32 Å². The molecule has 0 radical (unpaired) electrons. The number of hydrogen-bond acceptors (Lipinski definition) is 4. The first kappa shape index (κ1) is 17.4. The first-order valence-electron chi connectivity index (χ1n) is 8.10. The molecule has 1 saturated carbocycles. The van der Waals surface area contributed by atoms with Crippen LogP contribution in [0.2, 0.25) is 0 Å². The van der Waals surface area contributed by atoms with Gasteiger partial charge in [-0.1, -0.05) is 6.07 Å². The van der Waals surface area contributed by atoms with Crippen molar-refractivity contribution >= 4 is 23.1 Å². The van der Waals surface area contributed by atoms with Gasteiger partial charge in [0.05, 0.1) is 16.1 Å². The number of halogens is 3. The van der Waals surface area contributed by atoms with Crippen molar-refractivity contribution in [2.24, 2.45) is 5.73 Å². The Kier molecular flexibility index (Phi) is 4.96. The molecule has 3 N–H and O–H groups in total. The highest BCUT2D eigenvalue weighted by Crippen LogP contribution is 2.41. The number of hydrogen-bond donors (Lipinski definition) is 2. The third kappa shape index (κ3) is 3.97. The van der Waals surface area contributed by atoms with E-state index in [1.165, 1.54) is 0 Å². The molecule has 0 bridgehead atoms. The second kappa shape index (κ2) is 6.84. The molecule has 2 atom stereocenters. The zero-order valence-electron chi connectivity index (χ0n) is 13.4. The molecule has 24 heavy (non-hydrogen) atoms. The molecule has 8 heteroatoms. The molecule has 0 aromatic carbocycles. The molecule has 0 amide bonds. The Morgan fingerprint density at radius 3 is 2.79 bits per heavy atom. The lowest BCUT2D eigenvalue weighted by Crippen LogP contribution is -2.22. The quantitative estimate of drug-likeness (QED) is 0.633. The number of nitrogens with one attached hydrogen (secondary N) is 1. The predicted molar refractivity (Wildman–Crippen MR) is 90.3 cm³/mol. The van der Waals surface area contributed by atoms with E-state index in [1.807, 2.05) is 6.07 Å². The number of alkyl halides is 3. The van der Waals surface area contributed by atoms with Crippen LogP contribution < -0.4 is 11.1 Å². The Balaban J connectivity index is 1.88. The normalized spacial score (nSPS) is 22.5. The van der Waals surface area contributed by atoms with E-state index in [9.17, 15) is 13.2 Å². The zero-order chi connectivity index (χ0) is 17.3. The van der Waals surface area contributed by atoms with Gasteiger partial charge in [-0.25, -0.2) is 4.52 Å². The Bertz CT molecular complexity index is 713. The molecule has 1 fully saturated rings. The van der Waals surface area contributed by atoms with Gasteiger partial charge in [0.1, 0.15) is 5.82 Å². The largest absolute Gasteiger partial charge is 0.446 e. The lowest BCUT2D eigenvalue weighted by molar-refractivity contribution is -0.0328.